The van der Waals surface area contributed by atoms with Gasteiger partial charge in [0.2, 0.25) is 8.32 Å². The summed E-state index contributed by atoms with van der Waals surface area (Å²) in [5.74, 6) is 0. The zero-order chi connectivity index (χ0) is 15.8. The van der Waals surface area contributed by atoms with Crippen molar-refractivity contribution in [2.75, 3.05) is 11.6 Å². The molecule has 0 atom stereocenters. The van der Waals surface area contributed by atoms with Crippen molar-refractivity contribution in [1.82, 2.24) is 0 Å². The molecule has 4 heteroatoms. The van der Waals surface area contributed by atoms with Gasteiger partial charge in [0.1, 0.15) is 0 Å². The van der Waals surface area contributed by atoms with Crippen LogP contribution in [0.1, 0.15) is 0 Å². The summed E-state index contributed by atoms with van der Waals surface area (Å²) in [5, 5.41) is 6.48. The molecule has 0 saturated heterocycles. The van der Waals surface area contributed by atoms with Crippen molar-refractivity contribution in [2.24, 2.45) is 5.10 Å². The second-order valence-corrected chi connectivity index (χ2v) is 9.30. The van der Waals surface area contributed by atoms with Gasteiger partial charge in [0.25, 0.3) is 0 Å². The van der Waals surface area contributed by atoms with Gasteiger partial charge in [-0.1, -0.05) is 42.1 Å². The van der Waals surface area contributed by atoms with Crippen LogP contribution in [0.3, 0.4) is 0 Å². The van der Waals surface area contributed by atoms with E-state index in [1.807, 2.05) is 71.4 Å². The minimum Gasteiger partial charge on any atom is -0.408 e. The molecule has 0 aliphatic carbocycles. The van der Waals surface area contributed by atoms with E-state index in [4.69, 9.17) is 4.43 Å². The van der Waals surface area contributed by atoms with Gasteiger partial charge in [0, 0.05) is 6.21 Å². The fourth-order valence-electron chi connectivity index (χ4n) is 1.85. The zero-order valence-electron chi connectivity index (χ0n) is 13.1. The molecule has 0 amide bonds. The Kier molecular flexibility index (Phi) is 5.69. The van der Waals surface area contributed by atoms with Crippen molar-refractivity contribution < 1.29 is 4.43 Å². The highest BCUT2D eigenvalue weighted by molar-refractivity contribution is 6.76. The fraction of sp³-hybridized carbons (Fsp3) is 0.167. The molecule has 0 fully saturated rings. The third kappa shape index (κ3) is 4.68. The van der Waals surface area contributed by atoms with Crippen molar-refractivity contribution in [3.63, 3.8) is 0 Å². The molecule has 0 bridgehead atoms. The third-order valence-electron chi connectivity index (χ3n) is 3.22. The Morgan fingerprint density at radius 1 is 1.00 bits per heavy atom. The number of hydrazone groups is 1. The maximum Gasteiger partial charge on any atom is 0.211 e. The molecule has 2 aromatic carbocycles. The monoisotopic (exact) mass is 310 g/mol. The Morgan fingerprint density at radius 2 is 1.50 bits per heavy atom. The molecule has 0 unspecified atom stereocenters. The Hall–Kier alpha value is -2.17. The number of benzene rings is 2. The van der Waals surface area contributed by atoms with Crippen LogP contribution < -0.4 is 5.01 Å². The van der Waals surface area contributed by atoms with Gasteiger partial charge >= 0.3 is 0 Å². The number of hydrogen-bond donors (Lipinski definition) is 0. The highest BCUT2D eigenvalue weighted by atomic mass is 28.4. The molecule has 0 aliphatic heterocycles. The Labute approximate surface area is 133 Å². The molecule has 3 nitrogen and oxygen atoms in total. The summed E-state index contributed by atoms with van der Waals surface area (Å²) in [7, 11) is -1.75. The Balaban J connectivity index is 2.14. The number of rotatable bonds is 7. The van der Waals surface area contributed by atoms with Crippen LogP contribution in [0.2, 0.25) is 13.1 Å². The molecule has 0 saturated carbocycles. The van der Waals surface area contributed by atoms with Crippen LogP contribution in [0.15, 0.2) is 78.0 Å². The summed E-state index contributed by atoms with van der Waals surface area (Å²) in [6, 6.07) is 20.2. The molecule has 0 heterocycles. The van der Waals surface area contributed by atoms with E-state index < -0.39 is 8.32 Å². The van der Waals surface area contributed by atoms with Gasteiger partial charge in [-0.15, -0.1) is 6.58 Å². The van der Waals surface area contributed by atoms with Gasteiger partial charge in [-0.05, 0) is 37.4 Å². The summed E-state index contributed by atoms with van der Waals surface area (Å²) in [4.78, 5) is 0. The molecule has 0 aromatic heterocycles. The first-order chi connectivity index (χ1) is 10.6. The average molecular weight is 310 g/mol. The minimum absolute atomic E-state index is 0.488. The lowest BCUT2D eigenvalue weighted by molar-refractivity contribution is 0.379. The first-order valence-electron chi connectivity index (χ1n) is 7.32. The van der Waals surface area contributed by atoms with E-state index >= 15 is 0 Å². The van der Waals surface area contributed by atoms with E-state index in [0.717, 1.165) is 11.4 Å². The van der Waals surface area contributed by atoms with Crippen LogP contribution >= 0.6 is 0 Å². The molecular weight excluding hydrogens is 288 g/mol. The smallest absolute Gasteiger partial charge is 0.211 e. The van der Waals surface area contributed by atoms with Crippen molar-refractivity contribution in [3.8, 4) is 0 Å². The zero-order valence-corrected chi connectivity index (χ0v) is 14.1. The van der Waals surface area contributed by atoms with Gasteiger partial charge in [-0.25, -0.2) is 5.01 Å². The highest BCUT2D eigenvalue weighted by Gasteiger charge is 2.16. The van der Waals surface area contributed by atoms with Gasteiger partial charge in [0.15, 0.2) is 0 Å². The summed E-state index contributed by atoms with van der Waals surface area (Å²) in [6.45, 7) is 8.53. The van der Waals surface area contributed by atoms with E-state index in [0.29, 0.717) is 6.61 Å². The molecule has 0 N–H and O–H groups in total. The molecule has 2 rings (SSSR count). The Bertz CT molecular complexity index is 572. The summed E-state index contributed by atoms with van der Waals surface area (Å²) in [5.41, 5.74) is 3.96. The molecule has 0 radical (unpaired) electrons. The topological polar surface area (TPSA) is 24.8 Å². The predicted octanol–water partition coefficient (Wildman–Crippen LogP) is 4.76. The van der Waals surface area contributed by atoms with Gasteiger partial charge < -0.3 is 4.43 Å². The van der Waals surface area contributed by atoms with E-state index in [1.165, 1.54) is 0 Å². The first kappa shape index (κ1) is 16.2. The highest BCUT2D eigenvalue weighted by Crippen LogP contribution is 2.24. The van der Waals surface area contributed by atoms with Crippen molar-refractivity contribution in [2.45, 2.75) is 13.1 Å². The molecule has 0 spiro atoms. The number of para-hydroxylation sites is 2. The second-order valence-electron chi connectivity index (χ2n) is 5.40. The van der Waals surface area contributed by atoms with Gasteiger partial charge in [0.05, 0.1) is 18.0 Å². The average Bonchev–Trinajstić information content (AvgIpc) is 2.56. The van der Waals surface area contributed by atoms with E-state index in [2.05, 4.69) is 24.8 Å². The van der Waals surface area contributed by atoms with E-state index in [1.54, 1.807) is 6.21 Å². The number of hydrogen-bond acceptors (Lipinski definition) is 3. The van der Waals surface area contributed by atoms with Crippen LogP contribution in [0.5, 0.6) is 0 Å². The van der Waals surface area contributed by atoms with Crippen LogP contribution in [-0.2, 0) is 4.43 Å². The van der Waals surface area contributed by atoms with Crippen molar-refractivity contribution in [1.29, 1.82) is 0 Å². The molecule has 0 aliphatic rings. The SMILES string of the molecule is C=C[Si](C)(C)OC/C=N/N(c1ccccc1)c1ccccc1. The third-order valence-corrected chi connectivity index (χ3v) is 5.11. The fourth-order valence-corrected chi connectivity index (χ4v) is 2.47. The van der Waals surface area contributed by atoms with Gasteiger partial charge in [-0.2, -0.15) is 5.10 Å². The van der Waals surface area contributed by atoms with Crippen LogP contribution in [0, 0.1) is 0 Å². The van der Waals surface area contributed by atoms with Crippen molar-refractivity contribution in [3.05, 3.63) is 72.9 Å². The summed E-state index contributed by atoms with van der Waals surface area (Å²) in [6.07, 6.45) is 1.80. The quantitative estimate of drug-likeness (QED) is 0.418. The van der Waals surface area contributed by atoms with Crippen LogP contribution in [0.25, 0.3) is 0 Å². The van der Waals surface area contributed by atoms with Crippen LogP contribution in [-0.4, -0.2) is 21.1 Å². The summed E-state index contributed by atoms with van der Waals surface area (Å²) < 4.78 is 5.85. The lowest BCUT2D eigenvalue weighted by atomic mass is 10.2. The summed E-state index contributed by atoms with van der Waals surface area (Å²) >= 11 is 0. The number of anilines is 2. The van der Waals surface area contributed by atoms with E-state index in [-0.39, 0.29) is 0 Å². The number of nitrogens with zero attached hydrogens (tertiary/aromatic N) is 2. The van der Waals surface area contributed by atoms with Gasteiger partial charge in [-0.3, -0.25) is 0 Å². The largest absolute Gasteiger partial charge is 0.408 e. The standard InChI is InChI=1S/C18H22N2OSi/c1-4-22(2,3)21-16-15-19-20(17-11-7-5-8-12-17)18-13-9-6-10-14-18/h4-15H,1,16H2,2-3H3/b19-15+. The molecule has 22 heavy (non-hydrogen) atoms. The minimum atomic E-state index is -1.75. The predicted molar refractivity (Wildman–Crippen MR) is 97.1 cm³/mol. The molecular formula is C18H22N2OSi. The second kappa shape index (κ2) is 7.73. The maximum absolute atomic E-state index is 5.85. The molecule has 2 aromatic rings. The first-order valence-corrected chi connectivity index (χ1v) is 10.3. The Morgan fingerprint density at radius 3 is 1.95 bits per heavy atom. The van der Waals surface area contributed by atoms with Crippen molar-refractivity contribution >= 4 is 25.9 Å². The molecule has 114 valence electrons. The lowest BCUT2D eigenvalue weighted by Crippen LogP contribution is -2.28. The van der Waals surface area contributed by atoms with E-state index in [9.17, 15) is 0 Å². The van der Waals surface area contributed by atoms with Crippen LogP contribution in [0.4, 0.5) is 11.4 Å². The maximum atomic E-state index is 5.85. The normalized spacial score (nSPS) is 11.5. The lowest BCUT2D eigenvalue weighted by Gasteiger charge is -2.20.